The highest BCUT2D eigenvalue weighted by molar-refractivity contribution is 7.92. The zero-order valence-electron chi connectivity index (χ0n) is 15.5. The van der Waals surface area contributed by atoms with Gasteiger partial charge in [-0.05, 0) is 47.5 Å². The third-order valence-corrected chi connectivity index (χ3v) is 6.03. The number of benzene rings is 3. The summed E-state index contributed by atoms with van der Waals surface area (Å²) in [5, 5.41) is 0. The standard InChI is InChI=1S/C23H20N2O3S/c24-23(17-8-3-1-4-9-17)18-13-14-21(20(16-18)22-12-7-15-28-22)25-29(26,27)19-10-5-2-6-11-19/h1-16,23,25H,24H2. The lowest BCUT2D eigenvalue weighted by molar-refractivity contribution is 0.582. The van der Waals surface area contributed by atoms with Crippen LogP contribution in [0, 0.1) is 0 Å². The molecule has 0 aliphatic heterocycles. The van der Waals surface area contributed by atoms with Crippen LogP contribution in [0.2, 0.25) is 0 Å². The maximum Gasteiger partial charge on any atom is 0.261 e. The van der Waals surface area contributed by atoms with Crippen LogP contribution in [0.3, 0.4) is 0 Å². The molecule has 5 nitrogen and oxygen atoms in total. The molecule has 1 unspecified atom stereocenters. The van der Waals surface area contributed by atoms with E-state index in [0.29, 0.717) is 17.0 Å². The van der Waals surface area contributed by atoms with Crippen molar-refractivity contribution in [2.45, 2.75) is 10.9 Å². The number of anilines is 1. The molecule has 3 N–H and O–H groups in total. The van der Waals surface area contributed by atoms with Gasteiger partial charge in [0, 0.05) is 5.56 Å². The minimum atomic E-state index is -3.74. The maximum absolute atomic E-state index is 12.8. The smallest absolute Gasteiger partial charge is 0.261 e. The highest BCUT2D eigenvalue weighted by Crippen LogP contribution is 2.33. The van der Waals surface area contributed by atoms with Gasteiger partial charge in [-0.3, -0.25) is 4.72 Å². The lowest BCUT2D eigenvalue weighted by atomic mass is 9.96. The van der Waals surface area contributed by atoms with Gasteiger partial charge in [0.1, 0.15) is 5.76 Å². The van der Waals surface area contributed by atoms with Crippen molar-refractivity contribution >= 4 is 15.7 Å². The molecule has 0 aliphatic rings. The van der Waals surface area contributed by atoms with Gasteiger partial charge in [-0.15, -0.1) is 0 Å². The number of furan rings is 1. The van der Waals surface area contributed by atoms with Gasteiger partial charge < -0.3 is 10.2 Å². The van der Waals surface area contributed by atoms with Crippen molar-refractivity contribution in [3.05, 3.63) is 108 Å². The Labute approximate surface area is 169 Å². The molecule has 0 spiro atoms. The van der Waals surface area contributed by atoms with E-state index in [-0.39, 0.29) is 10.9 Å². The summed E-state index contributed by atoms with van der Waals surface area (Å²) >= 11 is 0. The van der Waals surface area contributed by atoms with Crippen LogP contribution in [-0.4, -0.2) is 8.42 Å². The molecule has 1 aromatic heterocycles. The fourth-order valence-corrected chi connectivity index (χ4v) is 4.24. The Kier molecular flexibility index (Phi) is 5.20. The molecular weight excluding hydrogens is 384 g/mol. The van der Waals surface area contributed by atoms with Gasteiger partial charge in [0.05, 0.1) is 22.9 Å². The van der Waals surface area contributed by atoms with Crippen LogP contribution in [0.15, 0.2) is 107 Å². The van der Waals surface area contributed by atoms with E-state index in [1.165, 1.54) is 0 Å². The molecule has 0 aliphatic carbocycles. The maximum atomic E-state index is 12.8. The van der Waals surface area contributed by atoms with Crippen LogP contribution in [0.4, 0.5) is 5.69 Å². The zero-order chi connectivity index (χ0) is 20.3. The Morgan fingerprint density at radius 3 is 2.14 bits per heavy atom. The van der Waals surface area contributed by atoms with Crippen molar-refractivity contribution in [1.82, 2.24) is 0 Å². The molecule has 0 saturated heterocycles. The molecule has 0 amide bonds. The normalized spacial score (nSPS) is 12.4. The number of hydrogen-bond acceptors (Lipinski definition) is 4. The van der Waals surface area contributed by atoms with E-state index >= 15 is 0 Å². The molecule has 0 radical (unpaired) electrons. The van der Waals surface area contributed by atoms with Gasteiger partial charge in [-0.2, -0.15) is 0 Å². The van der Waals surface area contributed by atoms with Crippen molar-refractivity contribution < 1.29 is 12.8 Å². The first-order chi connectivity index (χ1) is 14.0. The molecule has 4 aromatic rings. The highest BCUT2D eigenvalue weighted by atomic mass is 32.2. The summed E-state index contributed by atoms with van der Waals surface area (Å²) in [7, 11) is -3.74. The van der Waals surface area contributed by atoms with Crippen LogP contribution in [-0.2, 0) is 10.0 Å². The third-order valence-electron chi connectivity index (χ3n) is 4.65. The van der Waals surface area contributed by atoms with Gasteiger partial charge in [-0.1, -0.05) is 54.6 Å². The number of sulfonamides is 1. The molecule has 29 heavy (non-hydrogen) atoms. The molecule has 4 rings (SSSR count). The van der Waals surface area contributed by atoms with Crippen LogP contribution in [0.5, 0.6) is 0 Å². The second-order valence-electron chi connectivity index (χ2n) is 6.59. The summed E-state index contributed by atoms with van der Waals surface area (Å²) in [4.78, 5) is 0.190. The van der Waals surface area contributed by atoms with Crippen molar-refractivity contribution in [2.75, 3.05) is 4.72 Å². The first-order valence-electron chi connectivity index (χ1n) is 9.11. The van der Waals surface area contributed by atoms with Crippen LogP contribution in [0.25, 0.3) is 11.3 Å². The average molecular weight is 404 g/mol. The fourth-order valence-electron chi connectivity index (χ4n) is 3.14. The first-order valence-corrected chi connectivity index (χ1v) is 10.6. The Bertz CT molecular complexity index is 1190. The predicted octanol–water partition coefficient (Wildman–Crippen LogP) is 4.80. The average Bonchev–Trinajstić information content (AvgIpc) is 3.29. The van der Waals surface area contributed by atoms with Gasteiger partial charge >= 0.3 is 0 Å². The monoisotopic (exact) mass is 404 g/mol. The van der Waals surface area contributed by atoms with Gasteiger partial charge in [0.15, 0.2) is 0 Å². The van der Waals surface area contributed by atoms with Gasteiger partial charge in [0.25, 0.3) is 10.0 Å². The van der Waals surface area contributed by atoms with E-state index in [1.807, 2.05) is 42.5 Å². The third kappa shape index (κ3) is 4.08. The Morgan fingerprint density at radius 2 is 1.48 bits per heavy atom. The molecule has 1 atom stereocenters. The quantitative estimate of drug-likeness (QED) is 0.484. The second-order valence-corrected chi connectivity index (χ2v) is 8.27. The number of rotatable bonds is 6. The fraction of sp³-hybridized carbons (Fsp3) is 0.0435. The van der Waals surface area contributed by atoms with Gasteiger partial charge in [0.2, 0.25) is 0 Å². The number of nitrogens with two attached hydrogens (primary N) is 1. The van der Waals surface area contributed by atoms with Gasteiger partial charge in [-0.25, -0.2) is 8.42 Å². The topological polar surface area (TPSA) is 85.3 Å². The van der Waals surface area contributed by atoms with Crippen molar-refractivity contribution in [2.24, 2.45) is 5.73 Å². The molecule has 0 fully saturated rings. The number of nitrogens with one attached hydrogen (secondary N) is 1. The molecular formula is C23H20N2O3S. The Hall–Kier alpha value is -3.35. The summed E-state index contributed by atoms with van der Waals surface area (Å²) in [6.07, 6.45) is 1.55. The molecule has 0 saturated carbocycles. The summed E-state index contributed by atoms with van der Waals surface area (Å²) in [6, 6.07) is 26.6. The van der Waals surface area contributed by atoms with E-state index in [1.54, 1.807) is 54.8 Å². The predicted molar refractivity (Wildman–Crippen MR) is 114 cm³/mol. The van der Waals surface area contributed by atoms with E-state index < -0.39 is 10.0 Å². The minimum Gasteiger partial charge on any atom is -0.464 e. The summed E-state index contributed by atoms with van der Waals surface area (Å²) in [6.45, 7) is 0. The molecule has 6 heteroatoms. The minimum absolute atomic E-state index is 0.190. The van der Waals surface area contributed by atoms with Crippen molar-refractivity contribution in [3.8, 4) is 11.3 Å². The summed E-state index contributed by atoms with van der Waals surface area (Å²) in [5.41, 5.74) is 9.31. The van der Waals surface area contributed by atoms with E-state index in [0.717, 1.165) is 11.1 Å². The van der Waals surface area contributed by atoms with Crippen LogP contribution in [0.1, 0.15) is 17.2 Å². The SMILES string of the molecule is NC(c1ccccc1)c1ccc(NS(=O)(=O)c2ccccc2)c(-c2ccco2)c1. The van der Waals surface area contributed by atoms with E-state index in [9.17, 15) is 8.42 Å². The highest BCUT2D eigenvalue weighted by Gasteiger charge is 2.19. The van der Waals surface area contributed by atoms with Crippen LogP contribution >= 0.6 is 0 Å². The molecule has 3 aromatic carbocycles. The van der Waals surface area contributed by atoms with E-state index in [2.05, 4.69) is 4.72 Å². The summed E-state index contributed by atoms with van der Waals surface area (Å²) in [5.74, 6) is 0.554. The zero-order valence-corrected chi connectivity index (χ0v) is 16.3. The van der Waals surface area contributed by atoms with Crippen molar-refractivity contribution in [3.63, 3.8) is 0 Å². The van der Waals surface area contributed by atoms with E-state index in [4.69, 9.17) is 10.2 Å². The molecule has 0 bridgehead atoms. The largest absolute Gasteiger partial charge is 0.464 e. The summed E-state index contributed by atoms with van der Waals surface area (Å²) < 4.78 is 33.8. The van der Waals surface area contributed by atoms with Crippen LogP contribution < -0.4 is 10.5 Å². The second kappa shape index (κ2) is 7.95. The lowest BCUT2D eigenvalue weighted by Gasteiger charge is -2.17. The van der Waals surface area contributed by atoms with Crippen molar-refractivity contribution in [1.29, 1.82) is 0 Å². The Balaban J connectivity index is 1.75. The lowest BCUT2D eigenvalue weighted by Crippen LogP contribution is -2.15. The molecule has 146 valence electrons. The Morgan fingerprint density at radius 1 is 0.793 bits per heavy atom. The number of hydrogen-bond donors (Lipinski definition) is 2. The molecule has 1 heterocycles. The first kappa shape index (κ1) is 19.0.